The maximum absolute atomic E-state index is 6.14. The third kappa shape index (κ3) is 4.17. The van der Waals surface area contributed by atoms with Gasteiger partial charge in [0.1, 0.15) is 5.01 Å². The lowest BCUT2D eigenvalue weighted by atomic mass is 10.2. The summed E-state index contributed by atoms with van der Waals surface area (Å²) in [6.07, 6.45) is 1.90. The molecule has 1 rings (SSSR count). The zero-order valence-corrected chi connectivity index (χ0v) is 13.5. The monoisotopic (exact) mass is 273 g/mol. The molecule has 0 spiro atoms. The van der Waals surface area contributed by atoms with Crippen LogP contribution in [0.5, 0.6) is 0 Å². The fourth-order valence-corrected chi connectivity index (χ4v) is 2.94. The average molecular weight is 273 g/mol. The van der Waals surface area contributed by atoms with Crippen molar-refractivity contribution in [1.82, 2.24) is 4.98 Å². The molecule has 0 N–H and O–H groups in total. The van der Waals surface area contributed by atoms with E-state index in [1.807, 2.05) is 6.20 Å². The first-order chi connectivity index (χ1) is 7.76. The summed E-state index contributed by atoms with van der Waals surface area (Å²) >= 11 is 1.67. The van der Waals surface area contributed by atoms with E-state index in [9.17, 15) is 0 Å². The van der Waals surface area contributed by atoms with Crippen molar-refractivity contribution < 1.29 is 9.16 Å². The van der Waals surface area contributed by atoms with Crippen LogP contribution in [0.2, 0.25) is 18.1 Å². The van der Waals surface area contributed by atoms with E-state index >= 15 is 0 Å². The van der Waals surface area contributed by atoms with E-state index in [4.69, 9.17) is 9.16 Å². The van der Waals surface area contributed by atoms with Gasteiger partial charge in [0.2, 0.25) is 0 Å². The molecule has 0 fully saturated rings. The lowest BCUT2D eigenvalue weighted by Crippen LogP contribution is -2.40. The molecule has 1 aromatic heterocycles. The highest BCUT2D eigenvalue weighted by Crippen LogP contribution is 2.37. The first-order valence-corrected chi connectivity index (χ1v) is 9.55. The molecule has 17 heavy (non-hydrogen) atoms. The molecule has 0 atom stereocenters. The highest BCUT2D eigenvalue weighted by Gasteiger charge is 2.37. The second kappa shape index (κ2) is 5.61. The minimum absolute atomic E-state index is 0.257. The lowest BCUT2D eigenvalue weighted by molar-refractivity contribution is 0.184. The molecule has 5 heteroatoms. The van der Waals surface area contributed by atoms with Crippen LogP contribution in [-0.4, -0.2) is 20.4 Å². The van der Waals surface area contributed by atoms with Gasteiger partial charge in [-0.1, -0.05) is 20.8 Å². The fourth-order valence-electron chi connectivity index (χ4n) is 1.07. The Morgan fingerprint density at radius 2 is 1.94 bits per heavy atom. The van der Waals surface area contributed by atoms with E-state index in [1.165, 1.54) is 4.88 Å². The topological polar surface area (TPSA) is 31.4 Å². The third-order valence-corrected chi connectivity index (χ3v) is 8.67. The molecule has 0 unspecified atom stereocenters. The van der Waals surface area contributed by atoms with Crippen molar-refractivity contribution in [3.05, 3.63) is 16.1 Å². The highest BCUT2D eigenvalue weighted by atomic mass is 32.1. The van der Waals surface area contributed by atoms with Crippen LogP contribution in [0, 0.1) is 0 Å². The van der Waals surface area contributed by atoms with Gasteiger partial charge in [-0.05, 0) is 18.1 Å². The SMILES string of the molecule is COCc1ncc(CO[Si](C)(C)C(C)(C)C)s1. The van der Waals surface area contributed by atoms with Crippen LogP contribution < -0.4 is 0 Å². The Kier molecular flexibility index (Phi) is 4.89. The van der Waals surface area contributed by atoms with Gasteiger partial charge in [0.05, 0.1) is 13.2 Å². The highest BCUT2D eigenvalue weighted by molar-refractivity contribution is 7.11. The summed E-state index contributed by atoms with van der Waals surface area (Å²) in [6.45, 7) is 12.6. The van der Waals surface area contributed by atoms with Crippen LogP contribution in [0.3, 0.4) is 0 Å². The molecule has 0 aliphatic carbocycles. The molecule has 0 saturated heterocycles. The van der Waals surface area contributed by atoms with Crippen LogP contribution in [0.1, 0.15) is 30.7 Å². The molecule has 0 saturated carbocycles. The van der Waals surface area contributed by atoms with Gasteiger partial charge in [0.25, 0.3) is 0 Å². The number of ether oxygens (including phenoxy) is 1. The van der Waals surface area contributed by atoms with Gasteiger partial charge < -0.3 is 9.16 Å². The Morgan fingerprint density at radius 3 is 2.47 bits per heavy atom. The lowest BCUT2D eigenvalue weighted by Gasteiger charge is -2.35. The zero-order chi connectivity index (χ0) is 13.1. The largest absolute Gasteiger partial charge is 0.412 e. The van der Waals surface area contributed by atoms with E-state index in [-0.39, 0.29) is 5.04 Å². The second-order valence-electron chi connectivity index (χ2n) is 5.70. The Labute approximate surface area is 109 Å². The summed E-state index contributed by atoms with van der Waals surface area (Å²) in [6, 6.07) is 0. The summed E-state index contributed by atoms with van der Waals surface area (Å²) in [5.41, 5.74) is 0. The maximum Gasteiger partial charge on any atom is 0.192 e. The molecule has 1 heterocycles. The number of aromatic nitrogens is 1. The summed E-state index contributed by atoms with van der Waals surface area (Å²) in [5, 5.41) is 1.27. The van der Waals surface area contributed by atoms with Crippen molar-refractivity contribution in [1.29, 1.82) is 0 Å². The number of hydrogen-bond acceptors (Lipinski definition) is 4. The molecule has 98 valence electrons. The van der Waals surface area contributed by atoms with Crippen LogP contribution >= 0.6 is 11.3 Å². The second-order valence-corrected chi connectivity index (χ2v) is 11.7. The fraction of sp³-hybridized carbons (Fsp3) is 0.750. The van der Waals surface area contributed by atoms with E-state index in [0.717, 1.165) is 5.01 Å². The van der Waals surface area contributed by atoms with Gasteiger partial charge in [0.15, 0.2) is 8.32 Å². The molecule has 3 nitrogen and oxygen atoms in total. The predicted octanol–water partition coefficient (Wildman–Crippen LogP) is 3.81. The van der Waals surface area contributed by atoms with Crippen molar-refractivity contribution in [2.75, 3.05) is 7.11 Å². The first kappa shape index (κ1) is 14.8. The van der Waals surface area contributed by atoms with Gasteiger partial charge in [-0.15, -0.1) is 11.3 Å². The number of methoxy groups -OCH3 is 1. The number of thiazole rings is 1. The predicted molar refractivity (Wildman–Crippen MR) is 74.8 cm³/mol. The summed E-state index contributed by atoms with van der Waals surface area (Å²) in [4.78, 5) is 5.48. The molecule has 0 aliphatic heterocycles. The van der Waals surface area contributed by atoms with Crippen LogP contribution in [-0.2, 0) is 22.4 Å². The summed E-state index contributed by atoms with van der Waals surface area (Å²) in [7, 11) is 0.0384. The first-order valence-electron chi connectivity index (χ1n) is 5.83. The molecule has 1 aromatic rings. The van der Waals surface area contributed by atoms with E-state index in [2.05, 4.69) is 38.8 Å². The van der Waals surface area contributed by atoms with Crippen molar-refractivity contribution in [2.24, 2.45) is 0 Å². The van der Waals surface area contributed by atoms with Crippen molar-refractivity contribution >= 4 is 19.7 Å². The van der Waals surface area contributed by atoms with Gasteiger partial charge in [-0.25, -0.2) is 4.98 Å². The average Bonchev–Trinajstić information content (AvgIpc) is 2.62. The Balaban J connectivity index is 2.55. The third-order valence-electron chi connectivity index (χ3n) is 3.25. The van der Waals surface area contributed by atoms with Crippen molar-refractivity contribution in [2.45, 2.75) is 52.1 Å². The standard InChI is InChI=1S/C12H23NO2SSi/c1-12(2,3)17(5,6)15-8-10-7-13-11(16-10)9-14-4/h7H,8-9H2,1-6H3. The van der Waals surface area contributed by atoms with Gasteiger partial charge >= 0.3 is 0 Å². The summed E-state index contributed by atoms with van der Waals surface area (Å²) < 4.78 is 11.2. The quantitative estimate of drug-likeness (QED) is 0.764. The molecule has 0 radical (unpaired) electrons. The maximum atomic E-state index is 6.14. The molecule has 0 aliphatic rings. The van der Waals surface area contributed by atoms with Gasteiger partial charge in [0, 0.05) is 18.2 Å². The van der Waals surface area contributed by atoms with Crippen LogP contribution in [0.4, 0.5) is 0 Å². The molecule has 0 amide bonds. The van der Waals surface area contributed by atoms with E-state index in [1.54, 1.807) is 18.4 Å². The van der Waals surface area contributed by atoms with E-state index in [0.29, 0.717) is 13.2 Å². The minimum Gasteiger partial charge on any atom is -0.412 e. The zero-order valence-electron chi connectivity index (χ0n) is 11.7. The normalized spacial score (nSPS) is 13.1. The Hall–Kier alpha value is -0.233. The summed E-state index contributed by atoms with van der Waals surface area (Å²) in [5.74, 6) is 0. The molecule has 0 bridgehead atoms. The number of hydrogen-bond donors (Lipinski definition) is 0. The smallest absolute Gasteiger partial charge is 0.192 e. The minimum atomic E-state index is -1.65. The van der Waals surface area contributed by atoms with E-state index < -0.39 is 8.32 Å². The van der Waals surface area contributed by atoms with Gasteiger partial charge in [-0.2, -0.15) is 0 Å². The van der Waals surface area contributed by atoms with Crippen LogP contribution in [0.15, 0.2) is 6.20 Å². The Morgan fingerprint density at radius 1 is 1.29 bits per heavy atom. The molecule has 0 aromatic carbocycles. The van der Waals surface area contributed by atoms with Crippen molar-refractivity contribution in [3.8, 4) is 0 Å². The van der Waals surface area contributed by atoms with Gasteiger partial charge in [-0.3, -0.25) is 0 Å². The molecular formula is C12H23NO2SSi. The molecular weight excluding hydrogens is 250 g/mol. The Bertz CT molecular complexity index is 358. The van der Waals surface area contributed by atoms with Crippen molar-refractivity contribution in [3.63, 3.8) is 0 Å². The van der Waals surface area contributed by atoms with Crippen LogP contribution in [0.25, 0.3) is 0 Å². The number of rotatable bonds is 5. The number of nitrogens with zero attached hydrogens (tertiary/aromatic N) is 1.